The van der Waals surface area contributed by atoms with Gasteiger partial charge in [0, 0.05) is 12.7 Å². The minimum Gasteiger partial charge on any atom is -0.481 e. The van der Waals surface area contributed by atoms with Crippen LogP contribution in [0.4, 0.5) is 0 Å². The Hall–Kier alpha value is -1.88. The highest BCUT2D eigenvalue weighted by atomic mass is 16.5. The van der Waals surface area contributed by atoms with Crippen LogP contribution in [0.2, 0.25) is 0 Å². The highest BCUT2D eigenvalue weighted by Crippen LogP contribution is 2.13. The molecular formula is C14H19NO4. The van der Waals surface area contributed by atoms with Crippen molar-refractivity contribution in [2.75, 3.05) is 13.7 Å². The van der Waals surface area contributed by atoms with Gasteiger partial charge in [0.05, 0.1) is 18.6 Å². The number of hydrogen-bond acceptors (Lipinski definition) is 3. The summed E-state index contributed by atoms with van der Waals surface area (Å²) >= 11 is 0. The van der Waals surface area contributed by atoms with E-state index in [2.05, 4.69) is 5.32 Å². The zero-order chi connectivity index (χ0) is 14.5. The molecule has 1 unspecified atom stereocenters. The summed E-state index contributed by atoms with van der Waals surface area (Å²) in [7, 11) is 1.47. The zero-order valence-electron chi connectivity index (χ0n) is 11.4. The minimum absolute atomic E-state index is 0.136. The number of benzene rings is 1. The van der Waals surface area contributed by atoms with Gasteiger partial charge in [-0.3, -0.25) is 9.59 Å². The quantitative estimate of drug-likeness (QED) is 0.819. The maximum Gasteiger partial charge on any atom is 0.305 e. The number of methoxy groups -OCH3 is 1. The Balaban J connectivity index is 2.84. The minimum atomic E-state index is -0.982. The maximum atomic E-state index is 12.1. The molecular weight excluding hydrogens is 246 g/mol. The van der Waals surface area contributed by atoms with E-state index in [-0.39, 0.29) is 18.9 Å². The molecule has 19 heavy (non-hydrogen) atoms. The summed E-state index contributed by atoms with van der Waals surface area (Å²) in [6.07, 6.45) is -0.196. The van der Waals surface area contributed by atoms with Gasteiger partial charge in [0.2, 0.25) is 0 Å². The van der Waals surface area contributed by atoms with Gasteiger partial charge in [0.25, 0.3) is 5.91 Å². The molecule has 0 aliphatic carbocycles. The van der Waals surface area contributed by atoms with Gasteiger partial charge in [0.15, 0.2) is 0 Å². The van der Waals surface area contributed by atoms with E-state index in [1.54, 1.807) is 25.1 Å². The summed E-state index contributed by atoms with van der Waals surface area (Å²) in [5, 5.41) is 11.6. The van der Waals surface area contributed by atoms with Gasteiger partial charge in [-0.15, -0.1) is 0 Å². The van der Waals surface area contributed by atoms with E-state index in [1.807, 2.05) is 13.0 Å². The summed E-state index contributed by atoms with van der Waals surface area (Å²) < 4.78 is 4.99. The number of nitrogens with one attached hydrogen (secondary N) is 1. The summed E-state index contributed by atoms with van der Waals surface area (Å²) in [4.78, 5) is 23.0. The third-order valence-corrected chi connectivity index (χ3v) is 2.70. The van der Waals surface area contributed by atoms with Gasteiger partial charge in [-0.25, -0.2) is 0 Å². The lowest BCUT2D eigenvalue weighted by atomic mass is 9.98. The average Bonchev–Trinajstić information content (AvgIpc) is 2.27. The van der Waals surface area contributed by atoms with Crippen molar-refractivity contribution in [3.8, 4) is 0 Å². The molecule has 0 aliphatic heterocycles. The molecule has 0 saturated carbocycles. The van der Waals surface area contributed by atoms with Gasteiger partial charge in [-0.2, -0.15) is 0 Å². The molecule has 0 aromatic heterocycles. The molecule has 0 fully saturated rings. The Morgan fingerprint density at radius 1 is 1.42 bits per heavy atom. The SMILES string of the molecule is COCC(C)(CC(=O)O)NC(=O)c1cccc(C)c1. The Kier molecular flexibility index (Phi) is 5.06. The molecule has 0 radical (unpaired) electrons. The van der Waals surface area contributed by atoms with Crippen molar-refractivity contribution in [2.45, 2.75) is 25.8 Å². The number of ether oxygens (including phenoxy) is 1. The van der Waals surface area contributed by atoms with Crippen LogP contribution >= 0.6 is 0 Å². The van der Waals surface area contributed by atoms with Crippen LogP contribution < -0.4 is 5.32 Å². The lowest BCUT2D eigenvalue weighted by Crippen LogP contribution is -2.50. The number of aliphatic carboxylic acids is 1. The van der Waals surface area contributed by atoms with Crippen molar-refractivity contribution < 1.29 is 19.4 Å². The van der Waals surface area contributed by atoms with Gasteiger partial charge < -0.3 is 15.2 Å². The first kappa shape index (κ1) is 15.2. The van der Waals surface area contributed by atoms with Crippen molar-refractivity contribution in [1.82, 2.24) is 5.32 Å². The fourth-order valence-electron chi connectivity index (χ4n) is 1.92. The van der Waals surface area contributed by atoms with E-state index in [0.717, 1.165) is 5.56 Å². The third kappa shape index (κ3) is 4.71. The highest BCUT2D eigenvalue weighted by molar-refractivity contribution is 5.95. The van der Waals surface area contributed by atoms with E-state index >= 15 is 0 Å². The standard InChI is InChI=1S/C14H19NO4/c1-10-5-4-6-11(7-10)13(18)15-14(2,9-19-3)8-12(16)17/h4-7H,8-9H2,1-3H3,(H,15,18)(H,16,17). The van der Waals surface area contributed by atoms with Crippen LogP contribution in [0.15, 0.2) is 24.3 Å². The largest absolute Gasteiger partial charge is 0.481 e. The van der Waals surface area contributed by atoms with Gasteiger partial charge >= 0.3 is 5.97 Å². The molecule has 5 nitrogen and oxygen atoms in total. The first-order chi connectivity index (χ1) is 8.86. The van der Waals surface area contributed by atoms with E-state index in [1.165, 1.54) is 7.11 Å². The van der Waals surface area contributed by atoms with Gasteiger partial charge in [-0.1, -0.05) is 17.7 Å². The summed E-state index contributed by atoms with van der Waals surface area (Å²) in [5.74, 6) is -1.28. The number of amides is 1. The second-order valence-corrected chi connectivity index (χ2v) is 4.89. The van der Waals surface area contributed by atoms with Crippen LogP contribution in [0, 0.1) is 6.92 Å². The summed E-state index contributed by atoms with van der Waals surface area (Å²) in [6, 6.07) is 7.12. The van der Waals surface area contributed by atoms with E-state index in [0.29, 0.717) is 5.56 Å². The second kappa shape index (κ2) is 6.33. The predicted octanol–water partition coefficient (Wildman–Crippen LogP) is 1.60. The molecule has 1 rings (SSSR count). The molecule has 1 amide bonds. The summed E-state index contributed by atoms with van der Waals surface area (Å²) in [6.45, 7) is 3.68. The van der Waals surface area contributed by atoms with Crippen LogP contribution in [0.5, 0.6) is 0 Å². The fourth-order valence-corrected chi connectivity index (χ4v) is 1.92. The first-order valence-corrected chi connectivity index (χ1v) is 5.96. The Morgan fingerprint density at radius 2 is 2.11 bits per heavy atom. The van der Waals surface area contributed by atoms with Crippen LogP contribution in [0.1, 0.15) is 29.3 Å². The number of carbonyl (C=O) groups is 2. The maximum absolute atomic E-state index is 12.1. The van der Waals surface area contributed by atoms with Crippen molar-refractivity contribution in [2.24, 2.45) is 0 Å². The molecule has 0 heterocycles. The fraction of sp³-hybridized carbons (Fsp3) is 0.429. The Morgan fingerprint density at radius 3 is 2.63 bits per heavy atom. The average molecular weight is 265 g/mol. The van der Waals surface area contributed by atoms with Crippen molar-refractivity contribution in [3.63, 3.8) is 0 Å². The molecule has 104 valence electrons. The monoisotopic (exact) mass is 265 g/mol. The Labute approximate surface area is 112 Å². The van der Waals surface area contributed by atoms with E-state index in [9.17, 15) is 9.59 Å². The molecule has 1 aromatic rings. The lowest BCUT2D eigenvalue weighted by molar-refractivity contribution is -0.139. The number of carboxylic acids is 1. The van der Waals surface area contributed by atoms with Crippen LogP contribution in [0.3, 0.4) is 0 Å². The van der Waals surface area contributed by atoms with E-state index in [4.69, 9.17) is 9.84 Å². The highest BCUT2D eigenvalue weighted by Gasteiger charge is 2.29. The molecule has 0 aliphatic rings. The van der Waals surface area contributed by atoms with Crippen LogP contribution in [-0.2, 0) is 9.53 Å². The topological polar surface area (TPSA) is 75.6 Å². The molecule has 0 saturated heterocycles. The number of rotatable bonds is 6. The Bertz CT molecular complexity index is 472. The first-order valence-electron chi connectivity index (χ1n) is 5.96. The number of carbonyl (C=O) groups excluding carboxylic acids is 1. The lowest BCUT2D eigenvalue weighted by Gasteiger charge is -2.28. The van der Waals surface area contributed by atoms with Crippen molar-refractivity contribution >= 4 is 11.9 Å². The summed E-state index contributed by atoms with van der Waals surface area (Å²) in [5.41, 5.74) is 0.550. The number of hydrogen-bond donors (Lipinski definition) is 2. The number of carboxylic acid groups (broad SMARTS) is 1. The second-order valence-electron chi connectivity index (χ2n) is 4.89. The van der Waals surface area contributed by atoms with Crippen molar-refractivity contribution in [1.29, 1.82) is 0 Å². The smallest absolute Gasteiger partial charge is 0.305 e. The molecule has 0 spiro atoms. The van der Waals surface area contributed by atoms with Crippen LogP contribution in [-0.4, -0.2) is 36.2 Å². The predicted molar refractivity (Wildman–Crippen MR) is 71.2 cm³/mol. The van der Waals surface area contributed by atoms with Gasteiger partial charge in [-0.05, 0) is 26.0 Å². The number of aryl methyl sites for hydroxylation is 1. The van der Waals surface area contributed by atoms with Crippen LogP contribution in [0.25, 0.3) is 0 Å². The third-order valence-electron chi connectivity index (χ3n) is 2.70. The molecule has 5 heteroatoms. The molecule has 2 N–H and O–H groups in total. The van der Waals surface area contributed by atoms with Crippen molar-refractivity contribution in [3.05, 3.63) is 35.4 Å². The molecule has 1 atom stereocenters. The molecule has 1 aromatic carbocycles. The molecule has 0 bridgehead atoms. The van der Waals surface area contributed by atoms with Gasteiger partial charge in [0.1, 0.15) is 0 Å². The normalized spacial score (nSPS) is 13.6. The zero-order valence-corrected chi connectivity index (χ0v) is 11.4. The van der Waals surface area contributed by atoms with E-state index < -0.39 is 11.5 Å².